The summed E-state index contributed by atoms with van der Waals surface area (Å²) >= 11 is 0. The van der Waals surface area contributed by atoms with Crippen molar-refractivity contribution in [3.63, 3.8) is 0 Å². The first-order valence-corrected chi connectivity index (χ1v) is 22.8. The maximum absolute atomic E-state index is 14.2. The first kappa shape index (κ1) is 57.8. The smallest absolute Gasteiger partial charge is 0.245 e. The predicted octanol–water partition coefficient (Wildman–Crippen LogP) is -5.10. The van der Waals surface area contributed by atoms with Crippen LogP contribution < -0.4 is 65.5 Å². The first-order chi connectivity index (χ1) is 31.7. The van der Waals surface area contributed by atoms with Crippen molar-refractivity contribution in [1.82, 2.24) is 47.6 Å². The normalized spacial score (nSPS) is 25.0. The van der Waals surface area contributed by atoms with Gasteiger partial charge in [-0.25, -0.2) is 0 Å². The molecule has 67 heavy (non-hydrogen) atoms. The van der Waals surface area contributed by atoms with E-state index in [1.807, 2.05) is 0 Å². The van der Waals surface area contributed by atoms with Crippen molar-refractivity contribution in [2.45, 2.75) is 140 Å². The largest absolute Gasteiger partial charge is 0.785 e. The molecule has 1 aliphatic heterocycles. The molecule has 0 radical (unpaired) electrons. The van der Waals surface area contributed by atoms with Gasteiger partial charge in [-0.2, -0.15) is 0 Å². The van der Waals surface area contributed by atoms with Crippen LogP contribution in [0.2, 0.25) is 0 Å². The third-order valence-corrected chi connectivity index (χ3v) is 10.7. The summed E-state index contributed by atoms with van der Waals surface area (Å²) in [7, 11) is 0. The van der Waals surface area contributed by atoms with Gasteiger partial charge in [-0.1, -0.05) is 44.2 Å². The zero-order valence-corrected chi connectivity index (χ0v) is 39.0. The molecule has 1 heterocycles. The standard InChI is InChI=1S/C43H74N13O11/c1-24(2)20-34-42(65)54-31(12-17-46)39(62)52-32(13-18-47)41(64)55-36(26(4)58)43(66)48-19-14-33(53-38(61)29(10-15-44)50-35(59)21-25(3)57)40(63)51-30(11-16-45)37(60)49-28(23-56(34)67)22-27-8-6-5-7-9-27/h5-9,24-26,28-34,36,57-58H,10-23,44-47H2,1-4H3,(H,48,66)(H,49,60)(H,50,59)(H,51,63)(H,52,62)(H,53,61)(H,54,65)(H,55,64)/q-1/t25-,26-,28-,29+,30+,31+,32+,33?,34+,36+/m1/s1. The van der Waals surface area contributed by atoms with Gasteiger partial charge in [0.1, 0.15) is 36.3 Å². The van der Waals surface area contributed by atoms with Crippen LogP contribution in [0.15, 0.2) is 30.3 Å². The monoisotopic (exact) mass is 949 g/mol. The van der Waals surface area contributed by atoms with Gasteiger partial charge in [-0.15, -0.1) is 0 Å². The van der Waals surface area contributed by atoms with Crippen molar-refractivity contribution < 1.29 is 48.6 Å². The van der Waals surface area contributed by atoms with E-state index in [1.54, 1.807) is 44.2 Å². The second-order valence-corrected chi connectivity index (χ2v) is 17.2. The number of carbonyl (C=O) groups is 8. The number of nitrogens with two attached hydrogens (primary N) is 4. The van der Waals surface area contributed by atoms with Crippen LogP contribution in [-0.2, 0) is 44.8 Å². The van der Waals surface area contributed by atoms with E-state index in [0.29, 0.717) is 10.6 Å². The van der Waals surface area contributed by atoms with E-state index in [2.05, 4.69) is 42.5 Å². The number of aliphatic hydroxyl groups is 2. The second-order valence-electron chi connectivity index (χ2n) is 17.2. The minimum Gasteiger partial charge on any atom is -0.785 e. The number of aliphatic hydroxyl groups excluding tert-OH is 2. The molecule has 0 bridgehead atoms. The number of carbonyl (C=O) groups excluding carboxylic acids is 8. The highest BCUT2D eigenvalue weighted by molar-refractivity contribution is 5.96. The summed E-state index contributed by atoms with van der Waals surface area (Å²) in [4.78, 5) is 110. The fourth-order valence-corrected chi connectivity index (χ4v) is 7.23. The zero-order valence-electron chi connectivity index (χ0n) is 39.0. The van der Waals surface area contributed by atoms with Crippen molar-refractivity contribution in [2.75, 3.05) is 39.3 Å². The Morgan fingerprint density at radius 2 is 1.28 bits per heavy atom. The number of hydroxylamine groups is 2. The topological polar surface area (TPSA) is 404 Å². The third kappa shape index (κ3) is 20.6. The van der Waals surface area contributed by atoms with Gasteiger partial charge in [0.05, 0.1) is 24.7 Å². The number of rotatable bonds is 18. The molecule has 0 aliphatic carbocycles. The number of hydrogen-bond acceptors (Lipinski definition) is 16. The fourth-order valence-electron chi connectivity index (χ4n) is 7.23. The molecule has 0 aromatic heterocycles. The highest BCUT2D eigenvalue weighted by Crippen LogP contribution is 2.15. The number of nitrogens with one attached hydrogen (secondary N) is 8. The Morgan fingerprint density at radius 1 is 0.746 bits per heavy atom. The highest BCUT2D eigenvalue weighted by atomic mass is 16.5. The zero-order chi connectivity index (χ0) is 50.2. The van der Waals surface area contributed by atoms with Gasteiger partial charge in [-0.05, 0) is 96.5 Å². The quantitative estimate of drug-likeness (QED) is 0.0655. The molecule has 18 N–H and O–H groups in total. The Kier molecular flexibility index (Phi) is 26.0. The van der Waals surface area contributed by atoms with Crippen LogP contribution >= 0.6 is 0 Å². The van der Waals surface area contributed by atoms with Crippen LogP contribution in [-0.4, -0.2) is 162 Å². The molecular formula is C43H74N13O11-. The molecular weight excluding hydrogens is 875 g/mol. The molecule has 1 aromatic rings. The summed E-state index contributed by atoms with van der Waals surface area (Å²) in [6, 6.07) is -1.94. The number of hydrogen-bond donors (Lipinski definition) is 14. The molecule has 2 rings (SSSR count). The maximum Gasteiger partial charge on any atom is 0.245 e. The molecule has 0 saturated carbocycles. The number of benzene rings is 1. The molecule has 1 aromatic carbocycles. The van der Waals surface area contributed by atoms with Crippen LogP contribution in [0.3, 0.4) is 0 Å². The lowest BCUT2D eigenvalue weighted by Crippen LogP contribution is -2.60. The number of nitrogens with zero attached hydrogens (tertiary/aromatic N) is 1. The van der Waals surface area contributed by atoms with Gasteiger partial charge < -0.3 is 86.0 Å². The van der Waals surface area contributed by atoms with Crippen molar-refractivity contribution in [3.05, 3.63) is 41.1 Å². The van der Waals surface area contributed by atoms with E-state index in [0.717, 1.165) is 0 Å². The van der Waals surface area contributed by atoms with Gasteiger partial charge >= 0.3 is 0 Å². The average Bonchev–Trinajstić information content (AvgIpc) is 3.25. The summed E-state index contributed by atoms with van der Waals surface area (Å²) in [5.41, 5.74) is 24.0. The van der Waals surface area contributed by atoms with E-state index in [4.69, 9.17) is 22.9 Å². The molecule has 378 valence electrons. The molecule has 24 heteroatoms. The van der Waals surface area contributed by atoms with E-state index in [-0.39, 0.29) is 90.0 Å². The third-order valence-electron chi connectivity index (χ3n) is 10.7. The van der Waals surface area contributed by atoms with E-state index < -0.39 is 114 Å². The maximum atomic E-state index is 14.2. The first-order valence-electron chi connectivity index (χ1n) is 22.8. The minimum absolute atomic E-state index is 0.0225. The second kappa shape index (κ2) is 30.1. The molecule has 1 aliphatic rings. The van der Waals surface area contributed by atoms with Gasteiger partial charge in [0.15, 0.2) is 0 Å². The molecule has 1 unspecified atom stereocenters. The van der Waals surface area contributed by atoms with Gasteiger partial charge in [0.25, 0.3) is 0 Å². The van der Waals surface area contributed by atoms with Crippen LogP contribution in [0.25, 0.3) is 0 Å². The number of amides is 8. The summed E-state index contributed by atoms with van der Waals surface area (Å²) in [6.07, 6.45) is -3.53. The SMILES string of the molecule is CC(C)C[C@H]1C(=O)N[C@@H](CCN)C(=O)N[C@@H](CCN)C(=O)N[C@@H]([C@@H](C)O)C(=O)NCCC(NC(=O)[C@H](CCN)NC(=O)C[C@@H](C)O)C(=O)N[C@@H](CCN)C(=O)N[C@H](Cc2ccccc2)CN1[O-]. The summed E-state index contributed by atoms with van der Waals surface area (Å²) in [5.74, 6) is -6.93. The lowest BCUT2D eigenvalue weighted by Gasteiger charge is -2.40. The Labute approximate surface area is 391 Å². The lowest BCUT2D eigenvalue weighted by molar-refractivity contribution is -0.135. The highest BCUT2D eigenvalue weighted by Gasteiger charge is 2.35. The Hall–Kier alpha value is -5.34. The average molecular weight is 949 g/mol. The van der Waals surface area contributed by atoms with Crippen LogP contribution in [0.4, 0.5) is 0 Å². The van der Waals surface area contributed by atoms with Crippen molar-refractivity contribution in [2.24, 2.45) is 28.9 Å². The van der Waals surface area contributed by atoms with Crippen LogP contribution in [0, 0.1) is 11.1 Å². The summed E-state index contributed by atoms with van der Waals surface area (Å²) in [6.45, 7) is 5.01. The van der Waals surface area contributed by atoms with E-state index in [9.17, 15) is 53.8 Å². The van der Waals surface area contributed by atoms with Crippen LogP contribution in [0.1, 0.15) is 78.2 Å². The molecule has 8 amide bonds. The van der Waals surface area contributed by atoms with Crippen molar-refractivity contribution in [3.8, 4) is 0 Å². The lowest BCUT2D eigenvalue weighted by atomic mass is 10.00. The Morgan fingerprint density at radius 3 is 1.81 bits per heavy atom. The van der Waals surface area contributed by atoms with Gasteiger partial charge in [-0.3, -0.25) is 38.4 Å². The summed E-state index contributed by atoms with van der Waals surface area (Å²) in [5, 5.41) is 55.6. The molecule has 1 fully saturated rings. The minimum atomic E-state index is -1.62. The Bertz CT molecular complexity index is 1760. The van der Waals surface area contributed by atoms with E-state index >= 15 is 0 Å². The molecule has 0 spiro atoms. The molecule has 1 saturated heterocycles. The van der Waals surface area contributed by atoms with Crippen LogP contribution in [0.5, 0.6) is 0 Å². The Balaban J connectivity index is 2.72. The molecule has 10 atom stereocenters. The van der Waals surface area contributed by atoms with Gasteiger partial charge in [0.2, 0.25) is 47.3 Å². The predicted molar refractivity (Wildman–Crippen MR) is 247 cm³/mol. The van der Waals surface area contributed by atoms with E-state index in [1.165, 1.54) is 13.8 Å². The molecule has 24 nitrogen and oxygen atoms in total. The van der Waals surface area contributed by atoms with Gasteiger partial charge in [0, 0.05) is 19.1 Å². The summed E-state index contributed by atoms with van der Waals surface area (Å²) < 4.78 is 0. The van der Waals surface area contributed by atoms with Crippen molar-refractivity contribution >= 4 is 47.3 Å². The fraction of sp³-hybridized carbons (Fsp3) is 0.674. The van der Waals surface area contributed by atoms with Crippen molar-refractivity contribution in [1.29, 1.82) is 0 Å².